The number of rotatable bonds is 2. The Labute approximate surface area is 119 Å². The normalized spacial score (nSPS) is 20.4. The highest BCUT2D eigenvalue weighted by atomic mass is 32.2. The van der Waals surface area contributed by atoms with Crippen molar-refractivity contribution < 1.29 is 18.3 Å². The van der Waals surface area contributed by atoms with E-state index in [1.165, 1.54) is 0 Å². The maximum atomic E-state index is 12.6. The first-order valence-corrected chi connectivity index (χ1v) is 7.89. The van der Waals surface area contributed by atoms with Gasteiger partial charge in [0.15, 0.2) is 0 Å². The van der Waals surface area contributed by atoms with Gasteiger partial charge in [-0.05, 0) is 31.9 Å². The Hall–Kier alpha value is -1.40. The van der Waals surface area contributed by atoms with Crippen molar-refractivity contribution in [3.05, 3.63) is 35.4 Å². The first-order chi connectivity index (χ1) is 9.14. The first kappa shape index (κ1) is 15.0. The van der Waals surface area contributed by atoms with Crippen LogP contribution < -0.4 is 0 Å². The quantitative estimate of drug-likeness (QED) is 0.900. The molecule has 6 heteroatoms. The van der Waals surface area contributed by atoms with Crippen LogP contribution in [0.15, 0.2) is 24.3 Å². The smallest absolute Gasteiger partial charge is 0.322 e. The zero-order valence-electron chi connectivity index (χ0n) is 11.8. The third kappa shape index (κ3) is 2.45. The van der Waals surface area contributed by atoms with Crippen molar-refractivity contribution in [3.63, 3.8) is 0 Å². The highest BCUT2D eigenvalue weighted by molar-refractivity contribution is 7.90. The van der Waals surface area contributed by atoms with E-state index in [0.717, 1.165) is 15.4 Å². The molecule has 0 aliphatic carbocycles. The molecule has 0 radical (unpaired) electrons. The molecule has 20 heavy (non-hydrogen) atoms. The number of carboxylic acid groups (broad SMARTS) is 1. The minimum Gasteiger partial charge on any atom is -0.480 e. The lowest BCUT2D eigenvalue weighted by Gasteiger charge is -2.37. The number of carbonyl (C=O) groups is 1. The van der Waals surface area contributed by atoms with Gasteiger partial charge in [-0.15, -0.1) is 0 Å². The predicted octanol–water partition coefficient (Wildman–Crippen LogP) is 1.63. The summed E-state index contributed by atoms with van der Waals surface area (Å²) < 4.78 is 25.3. The zero-order valence-corrected chi connectivity index (χ0v) is 12.6. The van der Waals surface area contributed by atoms with Gasteiger partial charge in [-0.3, -0.25) is 4.79 Å². The van der Waals surface area contributed by atoms with E-state index in [1.807, 2.05) is 24.3 Å². The third-order valence-corrected chi connectivity index (χ3v) is 6.12. The van der Waals surface area contributed by atoms with E-state index in [9.17, 15) is 18.3 Å². The number of hydrogen-bond acceptors (Lipinski definition) is 3. The summed E-state index contributed by atoms with van der Waals surface area (Å²) in [7, 11) is -3.68. The van der Waals surface area contributed by atoms with E-state index >= 15 is 0 Å². The summed E-state index contributed by atoms with van der Waals surface area (Å²) in [6.07, 6.45) is 0.209. The molecule has 0 aromatic heterocycles. The summed E-state index contributed by atoms with van der Waals surface area (Å²) in [5.41, 5.74) is 1.78. The van der Waals surface area contributed by atoms with Crippen LogP contribution in [0.2, 0.25) is 0 Å². The number of aliphatic carboxylic acids is 1. The molecule has 1 aromatic rings. The molecular weight excluding hydrogens is 278 g/mol. The van der Waals surface area contributed by atoms with Gasteiger partial charge in [0.2, 0.25) is 10.0 Å². The molecule has 1 N–H and O–H groups in total. The topological polar surface area (TPSA) is 74.7 Å². The van der Waals surface area contributed by atoms with Crippen LogP contribution in [0, 0.1) is 0 Å². The lowest BCUT2D eigenvalue weighted by molar-refractivity contribution is -0.141. The molecule has 5 nitrogen and oxygen atoms in total. The van der Waals surface area contributed by atoms with Gasteiger partial charge in [-0.25, -0.2) is 8.42 Å². The van der Waals surface area contributed by atoms with E-state index in [0.29, 0.717) is 0 Å². The molecule has 1 unspecified atom stereocenters. The molecule has 1 aliphatic heterocycles. The van der Waals surface area contributed by atoms with Crippen molar-refractivity contribution in [2.24, 2.45) is 0 Å². The van der Waals surface area contributed by atoms with Gasteiger partial charge in [0.25, 0.3) is 0 Å². The summed E-state index contributed by atoms with van der Waals surface area (Å²) >= 11 is 0. The van der Waals surface area contributed by atoms with Crippen LogP contribution >= 0.6 is 0 Å². The molecule has 0 fully saturated rings. The molecule has 0 saturated carbocycles. The Morgan fingerprint density at radius 3 is 2.30 bits per heavy atom. The second kappa shape index (κ2) is 4.86. The number of fused-ring (bicyclic) bond motifs is 1. The van der Waals surface area contributed by atoms with Crippen LogP contribution in [0.4, 0.5) is 0 Å². The van der Waals surface area contributed by atoms with Crippen molar-refractivity contribution in [2.45, 2.75) is 44.5 Å². The van der Waals surface area contributed by atoms with Gasteiger partial charge in [0, 0.05) is 13.0 Å². The van der Waals surface area contributed by atoms with E-state index in [-0.39, 0.29) is 13.0 Å². The number of carboxylic acids is 1. The fourth-order valence-electron chi connectivity index (χ4n) is 2.31. The number of nitrogens with zero attached hydrogens (tertiary/aromatic N) is 1. The van der Waals surface area contributed by atoms with Crippen LogP contribution in [0.25, 0.3) is 0 Å². The summed E-state index contributed by atoms with van der Waals surface area (Å²) in [4.78, 5) is 11.4. The molecule has 110 valence electrons. The highest BCUT2D eigenvalue weighted by Gasteiger charge is 2.44. The van der Waals surface area contributed by atoms with Crippen LogP contribution in [-0.2, 0) is 27.8 Å². The Kier molecular flexibility index (Phi) is 3.64. The minimum absolute atomic E-state index is 0.118. The summed E-state index contributed by atoms with van der Waals surface area (Å²) in [5, 5.41) is 9.36. The molecule has 1 heterocycles. The average molecular weight is 297 g/mol. The molecular formula is C14H19NO4S. The molecule has 1 aliphatic rings. The Balaban J connectivity index is 2.50. The zero-order chi connectivity index (χ0) is 15.1. The van der Waals surface area contributed by atoms with Gasteiger partial charge in [-0.1, -0.05) is 24.3 Å². The predicted molar refractivity (Wildman–Crippen MR) is 75.8 cm³/mol. The Morgan fingerprint density at radius 1 is 1.25 bits per heavy atom. The van der Waals surface area contributed by atoms with Crippen LogP contribution in [-0.4, -0.2) is 34.6 Å². The highest BCUT2D eigenvalue weighted by Crippen LogP contribution is 2.30. The monoisotopic (exact) mass is 297 g/mol. The van der Waals surface area contributed by atoms with Crippen LogP contribution in [0.1, 0.15) is 31.9 Å². The van der Waals surface area contributed by atoms with Gasteiger partial charge < -0.3 is 5.11 Å². The number of sulfonamides is 1. The standard InChI is InChI=1S/C14H19NO4S/c1-14(2,3)20(18,19)15-9-11-7-5-4-6-10(11)8-12(15)13(16)17/h4-7,12H,8-9H2,1-3H3,(H,16,17). The summed E-state index contributed by atoms with van der Waals surface area (Å²) in [6.45, 7) is 4.87. The molecule has 1 aromatic carbocycles. The number of hydrogen-bond donors (Lipinski definition) is 1. The number of benzene rings is 1. The second-order valence-corrected chi connectivity index (χ2v) is 8.63. The second-order valence-electron chi connectivity index (χ2n) is 5.99. The fraction of sp³-hybridized carbons (Fsp3) is 0.500. The van der Waals surface area contributed by atoms with Crippen molar-refractivity contribution in [3.8, 4) is 0 Å². The van der Waals surface area contributed by atoms with E-state index < -0.39 is 26.8 Å². The van der Waals surface area contributed by atoms with Gasteiger partial charge >= 0.3 is 5.97 Å². The third-order valence-electron chi connectivity index (χ3n) is 3.57. The lowest BCUT2D eigenvalue weighted by atomic mass is 9.96. The molecule has 0 bridgehead atoms. The van der Waals surface area contributed by atoms with Gasteiger partial charge in [0.05, 0.1) is 4.75 Å². The largest absolute Gasteiger partial charge is 0.480 e. The molecule has 0 saturated heterocycles. The molecule has 0 spiro atoms. The van der Waals surface area contributed by atoms with E-state index in [2.05, 4.69) is 0 Å². The van der Waals surface area contributed by atoms with Crippen molar-refractivity contribution in [1.82, 2.24) is 4.31 Å². The maximum Gasteiger partial charge on any atom is 0.322 e. The molecule has 0 amide bonds. The van der Waals surface area contributed by atoms with Crippen molar-refractivity contribution >= 4 is 16.0 Å². The average Bonchev–Trinajstić information content (AvgIpc) is 2.35. The maximum absolute atomic E-state index is 12.6. The fourth-order valence-corrected chi connectivity index (χ4v) is 3.83. The van der Waals surface area contributed by atoms with E-state index in [4.69, 9.17) is 0 Å². The molecule has 2 rings (SSSR count). The minimum atomic E-state index is -3.68. The first-order valence-electron chi connectivity index (χ1n) is 6.45. The van der Waals surface area contributed by atoms with Crippen molar-refractivity contribution in [2.75, 3.05) is 0 Å². The van der Waals surface area contributed by atoms with Crippen LogP contribution in [0.5, 0.6) is 0 Å². The Morgan fingerprint density at radius 2 is 1.80 bits per heavy atom. The van der Waals surface area contributed by atoms with E-state index in [1.54, 1.807) is 20.8 Å². The molecule has 1 atom stereocenters. The lowest BCUT2D eigenvalue weighted by Crippen LogP contribution is -2.53. The van der Waals surface area contributed by atoms with Crippen LogP contribution in [0.3, 0.4) is 0 Å². The van der Waals surface area contributed by atoms with Gasteiger partial charge in [-0.2, -0.15) is 4.31 Å². The Bertz CT molecular complexity index is 631. The van der Waals surface area contributed by atoms with Gasteiger partial charge in [0.1, 0.15) is 6.04 Å². The van der Waals surface area contributed by atoms with Crippen molar-refractivity contribution in [1.29, 1.82) is 0 Å². The summed E-state index contributed by atoms with van der Waals surface area (Å²) in [6, 6.07) is 6.34. The SMILES string of the molecule is CC(C)(C)S(=O)(=O)N1Cc2ccccc2CC1C(=O)O. The summed E-state index contributed by atoms with van der Waals surface area (Å²) in [5.74, 6) is -1.10.